The predicted molar refractivity (Wildman–Crippen MR) is 139 cm³/mol. The number of piperazine rings is 1. The molecular formula is C23H29ClN6O4S. The minimum Gasteiger partial charge on any atom is -0.508 e. The Hall–Kier alpha value is -3.57. The van der Waals surface area contributed by atoms with Crippen molar-refractivity contribution in [2.45, 2.75) is 17.9 Å². The van der Waals surface area contributed by atoms with Gasteiger partial charge in [0, 0.05) is 47.0 Å². The summed E-state index contributed by atoms with van der Waals surface area (Å²) in [6.45, 7) is 4.06. The van der Waals surface area contributed by atoms with Crippen molar-refractivity contribution in [2.24, 2.45) is 0 Å². The van der Waals surface area contributed by atoms with Crippen LogP contribution in [0.1, 0.15) is 9.78 Å². The molecule has 2 aromatic carbocycles. The van der Waals surface area contributed by atoms with E-state index in [9.17, 15) is 18.3 Å². The SMILES string of the molecule is CC(Nc1ccc(O)cc1Cl)C(=O)N1CCN(c2ccc(S(=O)(=O)Nc3ccncn3)cc2)CC1.[HH].[HH]. The van der Waals surface area contributed by atoms with E-state index in [1.54, 1.807) is 42.2 Å². The highest BCUT2D eigenvalue weighted by Gasteiger charge is 2.26. The molecule has 2 heterocycles. The zero-order valence-electron chi connectivity index (χ0n) is 18.9. The normalized spacial score (nSPS) is 14.9. The van der Waals surface area contributed by atoms with Crippen LogP contribution >= 0.6 is 11.6 Å². The molecule has 0 aliphatic carbocycles. The monoisotopic (exact) mass is 520 g/mol. The maximum absolute atomic E-state index is 12.9. The number of carbonyl (C=O) groups excluding carboxylic acids is 1. The molecule has 1 amide bonds. The first kappa shape index (κ1) is 24.6. The van der Waals surface area contributed by atoms with Gasteiger partial charge in [-0.05, 0) is 49.4 Å². The molecule has 1 atom stereocenters. The number of nitrogens with zero attached hydrogens (tertiary/aromatic N) is 4. The summed E-state index contributed by atoms with van der Waals surface area (Å²) >= 11 is 6.13. The number of rotatable bonds is 7. The largest absolute Gasteiger partial charge is 0.508 e. The second-order valence-electron chi connectivity index (χ2n) is 8.04. The lowest BCUT2D eigenvalue weighted by Crippen LogP contribution is -2.52. The average molecular weight is 521 g/mol. The van der Waals surface area contributed by atoms with Crippen molar-refractivity contribution in [1.82, 2.24) is 14.9 Å². The van der Waals surface area contributed by atoms with E-state index < -0.39 is 16.1 Å². The van der Waals surface area contributed by atoms with E-state index in [2.05, 4.69) is 24.9 Å². The van der Waals surface area contributed by atoms with Crippen LogP contribution in [0.2, 0.25) is 5.02 Å². The van der Waals surface area contributed by atoms with Crippen molar-refractivity contribution >= 4 is 44.7 Å². The molecule has 1 aromatic heterocycles. The Bertz CT molecular complexity index is 1290. The van der Waals surface area contributed by atoms with Gasteiger partial charge >= 0.3 is 0 Å². The molecule has 1 unspecified atom stereocenters. The Morgan fingerprint density at radius 3 is 2.46 bits per heavy atom. The third-order valence-corrected chi connectivity index (χ3v) is 7.30. The first-order valence-corrected chi connectivity index (χ1v) is 12.8. The molecule has 4 rings (SSSR count). The van der Waals surface area contributed by atoms with Gasteiger partial charge < -0.3 is 20.2 Å². The van der Waals surface area contributed by atoms with Crippen molar-refractivity contribution in [3.63, 3.8) is 0 Å². The van der Waals surface area contributed by atoms with E-state index >= 15 is 0 Å². The lowest BCUT2D eigenvalue weighted by atomic mass is 10.2. The number of hydrogen-bond acceptors (Lipinski definition) is 8. The maximum atomic E-state index is 12.9. The van der Waals surface area contributed by atoms with E-state index in [0.29, 0.717) is 36.9 Å². The van der Waals surface area contributed by atoms with E-state index in [1.165, 1.54) is 30.7 Å². The van der Waals surface area contributed by atoms with Gasteiger partial charge in [0.25, 0.3) is 10.0 Å². The van der Waals surface area contributed by atoms with Gasteiger partial charge in [-0.25, -0.2) is 18.4 Å². The number of phenolic OH excluding ortho intramolecular Hbond substituents is 1. The number of hydrogen-bond donors (Lipinski definition) is 3. The minimum absolute atomic E-state index is 0. The van der Waals surface area contributed by atoms with Crippen molar-refractivity contribution < 1.29 is 21.2 Å². The van der Waals surface area contributed by atoms with Crippen LogP contribution in [-0.2, 0) is 14.8 Å². The number of halogens is 1. The first-order valence-electron chi connectivity index (χ1n) is 10.9. The lowest BCUT2D eigenvalue weighted by molar-refractivity contribution is -0.131. The number of aromatic nitrogens is 2. The van der Waals surface area contributed by atoms with Crippen LogP contribution in [0.25, 0.3) is 0 Å². The van der Waals surface area contributed by atoms with Crippen molar-refractivity contribution in [1.29, 1.82) is 0 Å². The van der Waals surface area contributed by atoms with Gasteiger partial charge in [0.1, 0.15) is 23.9 Å². The highest BCUT2D eigenvalue weighted by atomic mass is 35.5. The number of amides is 1. The quantitative estimate of drug-likeness (QED) is 0.405. The lowest BCUT2D eigenvalue weighted by Gasteiger charge is -2.37. The van der Waals surface area contributed by atoms with Gasteiger partial charge in [-0.3, -0.25) is 9.52 Å². The molecule has 0 saturated carbocycles. The summed E-state index contributed by atoms with van der Waals surface area (Å²) in [5, 5.41) is 12.9. The summed E-state index contributed by atoms with van der Waals surface area (Å²) in [4.78, 5) is 24.6. The molecule has 1 aliphatic heterocycles. The highest BCUT2D eigenvalue weighted by Crippen LogP contribution is 2.27. The number of phenols is 1. The fraction of sp³-hybridized carbons (Fsp3) is 0.261. The van der Waals surface area contributed by atoms with Gasteiger partial charge in [0.15, 0.2) is 0 Å². The second-order valence-corrected chi connectivity index (χ2v) is 10.1. The Balaban J connectivity index is 0.00000241. The molecule has 1 fully saturated rings. The average Bonchev–Trinajstić information content (AvgIpc) is 2.86. The smallest absolute Gasteiger partial charge is 0.263 e. The van der Waals surface area contributed by atoms with E-state index in [0.717, 1.165) is 5.69 Å². The molecule has 0 radical (unpaired) electrons. The van der Waals surface area contributed by atoms with Crippen molar-refractivity contribution in [3.8, 4) is 5.75 Å². The minimum atomic E-state index is -3.76. The summed E-state index contributed by atoms with van der Waals surface area (Å²) in [7, 11) is -3.76. The van der Waals surface area contributed by atoms with Gasteiger partial charge in [0.05, 0.1) is 15.6 Å². The number of sulfonamides is 1. The topological polar surface area (TPSA) is 128 Å². The molecule has 188 valence electrons. The van der Waals surface area contributed by atoms with Crippen LogP contribution in [0.5, 0.6) is 5.75 Å². The molecule has 1 saturated heterocycles. The van der Waals surface area contributed by atoms with Crippen LogP contribution < -0.4 is 14.9 Å². The molecular weight excluding hydrogens is 492 g/mol. The first-order chi connectivity index (χ1) is 16.7. The fourth-order valence-electron chi connectivity index (χ4n) is 3.76. The highest BCUT2D eigenvalue weighted by molar-refractivity contribution is 7.92. The zero-order chi connectivity index (χ0) is 25.0. The van der Waals surface area contributed by atoms with E-state index in [-0.39, 0.29) is 25.2 Å². The van der Waals surface area contributed by atoms with Crippen molar-refractivity contribution in [3.05, 3.63) is 66.1 Å². The third kappa shape index (κ3) is 5.92. The molecule has 0 spiro atoms. The number of aromatic hydroxyl groups is 1. The van der Waals surface area contributed by atoms with Gasteiger partial charge in [0.2, 0.25) is 5.91 Å². The van der Waals surface area contributed by atoms with Gasteiger partial charge in [-0.15, -0.1) is 0 Å². The summed E-state index contributed by atoms with van der Waals surface area (Å²) in [6.07, 6.45) is 2.72. The third-order valence-electron chi connectivity index (χ3n) is 5.62. The predicted octanol–water partition coefficient (Wildman–Crippen LogP) is 3.28. The number of carbonyl (C=O) groups is 1. The summed E-state index contributed by atoms with van der Waals surface area (Å²) < 4.78 is 27.6. The van der Waals surface area contributed by atoms with Crippen LogP contribution in [0.15, 0.2) is 66.0 Å². The standard InChI is InChI=1S/C23H25ClN6O4S.2H2/c1-16(27-21-7-4-18(31)14-20(21)24)23(32)30-12-10-29(11-13-30)17-2-5-19(6-3-17)35(33,34)28-22-8-9-25-15-26-22;;/h2-9,14-16,27,31H,10-13H2,1H3,(H,25,26,28);2*1H. The van der Waals surface area contributed by atoms with Crippen LogP contribution in [-0.4, -0.2) is 66.5 Å². The molecule has 12 heteroatoms. The Morgan fingerprint density at radius 2 is 1.83 bits per heavy atom. The van der Waals surface area contributed by atoms with Gasteiger partial charge in [-0.1, -0.05) is 11.6 Å². The molecule has 3 aromatic rings. The number of benzene rings is 2. The fourth-order valence-corrected chi connectivity index (χ4v) is 5.00. The van der Waals surface area contributed by atoms with Gasteiger partial charge in [-0.2, -0.15) is 0 Å². The van der Waals surface area contributed by atoms with E-state index in [4.69, 9.17) is 11.6 Å². The number of anilines is 3. The maximum Gasteiger partial charge on any atom is 0.263 e. The van der Waals surface area contributed by atoms with E-state index in [1.807, 2.05) is 0 Å². The Morgan fingerprint density at radius 1 is 1.11 bits per heavy atom. The van der Waals surface area contributed by atoms with Crippen LogP contribution in [0.3, 0.4) is 0 Å². The Kier molecular flexibility index (Phi) is 7.27. The Labute approximate surface area is 211 Å². The summed E-state index contributed by atoms with van der Waals surface area (Å²) in [6, 6.07) is 12.1. The molecule has 35 heavy (non-hydrogen) atoms. The number of nitrogens with one attached hydrogen (secondary N) is 2. The summed E-state index contributed by atoms with van der Waals surface area (Å²) in [5.41, 5.74) is 1.45. The summed E-state index contributed by atoms with van der Waals surface area (Å²) in [5.74, 6) is 0.204. The van der Waals surface area contributed by atoms with Crippen LogP contribution in [0, 0.1) is 0 Å². The molecule has 1 aliphatic rings. The molecule has 3 N–H and O–H groups in total. The van der Waals surface area contributed by atoms with Crippen LogP contribution in [0.4, 0.5) is 17.2 Å². The van der Waals surface area contributed by atoms with Crippen molar-refractivity contribution in [2.75, 3.05) is 41.1 Å². The molecule has 0 bridgehead atoms. The second kappa shape index (κ2) is 10.4. The molecule has 10 nitrogen and oxygen atoms in total. The zero-order valence-corrected chi connectivity index (χ0v) is 20.5.